The molecular weight excluding hydrogens is 376 g/mol. The third-order valence-corrected chi connectivity index (χ3v) is 6.04. The second-order valence-corrected chi connectivity index (χ2v) is 7.68. The lowest BCUT2D eigenvalue weighted by molar-refractivity contribution is -0.127. The number of nitrogens with one attached hydrogen (secondary N) is 3. The number of carbonyl (C=O) groups is 1. The molecule has 3 N–H and O–H groups in total. The molecule has 2 aliphatic rings. The molecular formula is C19H28N6O2S. The molecule has 1 aromatic rings. The molecule has 152 valence electrons. The highest BCUT2D eigenvalue weighted by Gasteiger charge is 2.43. The van der Waals surface area contributed by atoms with E-state index >= 15 is 0 Å². The SMILES string of the molecule is CCN(CC)C(=O)CSC1=NC2NNC(C)C2C(=N)N1c1ccc(OC)cc1. The molecule has 1 amide bonds. The first-order chi connectivity index (χ1) is 13.5. The second-order valence-electron chi connectivity index (χ2n) is 6.73. The van der Waals surface area contributed by atoms with Crippen LogP contribution in [-0.2, 0) is 4.79 Å². The highest BCUT2D eigenvalue weighted by Crippen LogP contribution is 2.32. The molecule has 1 saturated heterocycles. The highest BCUT2D eigenvalue weighted by molar-refractivity contribution is 8.14. The maximum atomic E-state index is 12.5. The van der Waals surface area contributed by atoms with Crippen molar-refractivity contribution < 1.29 is 9.53 Å². The molecule has 1 aromatic carbocycles. The molecule has 0 saturated carbocycles. The summed E-state index contributed by atoms with van der Waals surface area (Å²) in [5, 5.41) is 9.49. The molecule has 0 radical (unpaired) electrons. The van der Waals surface area contributed by atoms with Crippen LogP contribution in [0.15, 0.2) is 29.3 Å². The summed E-state index contributed by atoms with van der Waals surface area (Å²) in [4.78, 5) is 20.9. The van der Waals surface area contributed by atoms with Crippen LogP contribution < -0.4 is 20.5 Å². The summed E-state index contributed by atoms with van der Waals surface area (Å²) < 4.78 is 5.25. The van der Waals surface area contributed by atoms with Crippen molar-refractivity contribution in [2.75, 3.05) is 30.9 Å². The summed E-state index contributed by atoms with van der Waals surface area (Å²) >= 11 is 1.38. The van der Waals surface area contributed by atoms with Gasteiger partial charge in [-0.25, -0.2) is 10.4 Å². The standard InChI is InChI=1S/C19H28N6O2S/c1-5-24(6-2)15(26)11-28-19-21-18-16(12(3)22-23-18)17(20)25(19)13-7-9-14(27-4)10-8-13/h7-10,12,16,18,20,22-23H,5-6,11H2,1-4H3. The average molecular weight is 405 g/mol. The maximum Gasteiger partial charge on any atom is 0.233 e. The van der Waals surface area contributed by atoms with Gasteiger partial charge in [-0.3, -0.25) is 20.5 Å². The van der Waals surface area contributed by atoms with Crippen LogP contribution in [0.5, 0.6) is 5.75 Å². The molecule has 3 unspecified atom stereocenters. The Balaban J connectivity index is 1.87. The van der Waals surface area contributed by atoms with E-state index in [1.54, 1.807) is 12.0 Å². The Morgan fingerprint density at radius 2 is 1.96 bits per heavy atom. The van der Waals surface area contributed by atoms with Crippen LogP contribution in [0.4, 0.5) is 5.69 Å². The van der Waals surface area contributed by atoms with Crippen LogP contribution in [0, 0.1) is 11.3 Å². The van der Waals surface area contributed by atoms with Crippen LogP contribution in [-0.4, -0.2) is 60.0 Å². The molecule has 0 spiro atoms. The number of benzene rings is 1. The molecule has 0 bridgehead atoms. The van der Waals surface area contributed by atoms with Gasteiger partial charge < -0.3 is 9.64 Å². The fraction of sp³-hybridized carbons (Fsp3) is 0.526. The largest absolute Gasteiger partial charge is 0.497 e. The van der Waals surface area contributed by atoms with Crippen molar-refractivity contribution in [2.45, 2.75) is 33.0 Å². The van der Waals surface area contributed by atoms with E-state index in [-0.39, 0.29) is 24.0 Å². The summed E-state index contributed by atoms with van der Waals surface area (Å²) in [5.41, 5.74) is 7.17. The highest BCUT2D eigenvalue weighted by atomic mass is 32.2. The van der Waals surface area contributed by atoms with Crippen LogP contribution in [0.3, 0.4) is 0 Å². The average Bonchev–Trinajstić information content (AvgIpc) is 3.08. The molecule has 28 heavy (non-hydrogen) atoms. The van der Waals surface area contributed by atoms with E-state index in [2.05, 4.69) is 10.9 Å². The number of thioether (sulfide) groups is 1. The third-order valence-electron chi connectivity index (χ3n) is 5.11. The van der Waals surface area contributed by atoms with Gasteiger partial charge in [-0.15, -0.1) is 0 Å². The Bertz CT molecular complexity index is 749. The van der Waals surface area contributed by atoms with Gasteiger partial charge in [0.25, 0.3) is 0 Å². The van der Waals surface area contributed by atoms with Gasteiger partial charge in [-0.2, -0.15) is 0 Å². The Kier molecular flexibility index (Phi) is 6.58. The Morgan fingerprint density at radius 1 is 1.29 bits per heavy atom. The monoisotopic (exact) mass is 404 g/mol. The van der Waals surface area contributed by atoms with Crippen LogP contribution in [0.2, 0.25) is 0 Å². The molecule has 0 aliphatic carbocycles. The normalized spacial score (nSPS) is 24.0. The number of hydrogen-bond acceptors (Lipinski definition) is 7. The minimum Gasteiger partial charge on any atom is -0.497 e. The number of amidine groups is 2. The Labute approximate surface area is 170 Å². The smallest absolute Gasteiger partial charge is 0.233 e. The number of hydrogen-bond donors (Lipinski definition) is 3. The first kappa shape index (κ1) is 20.6. The van der Waals surface area contributed by atoms with E-state index in [0.29, 0.717) is 29.8 Å². The topological polar surface area (TPSA) is 93.1 Å². The summed E-state index contributed by atoms with van der Waals surface area (Å²) in [5.74, 6) is 1.51. The van der Waals surface area contributed by atoms with Crippen molar-refractivity contribution in [1.82, 2.24) is 15.8 Å². The number of ether oxygens (including phenoxy) is 1. The zero-order valence-corrected chi connectivity index (χ0v) is 17.5. The lowest BCUT2D eigenvalue weighted by Gasteiger charge is -2.36. The van der Waals surface area contributed by atoms with Crippen molar-refractivity contribution >= 4 is 34.4 Å². The van der Waals surface area contributed by atoms with Crippen LogP contribution in [0.25, 0.3) is 0 Å². The summed E-state index contributed by atoms with van der Waals surface area (Å²) in [7, 11) is 1.63. The zero-order valence-electron chi connectivity index (χ0n) is 16.7. The van der Waals surface area contributed by atoms with Crippen molar-refractivity contribution in [2.24, 2.45) is 10.9 Å². The van der Waals surface area contributed by atoms with E-state index in [1.165, 1.54) is 11.8 Å². The van der Waals surface area contributed by atoms with Gasteiger partial charge in [0.15, 0.2) is 5.17 Å². The van der Waals surface area contributed by atoms with Crippen molar-refractivity contribution in [3.63, 3.8) is 0 Å². The molecule has 8 nitrogen and oxygen atoms in total. The number of fused-ring (bicyclic) bond motifs is 1. The van der Waals surface area contributed by atoms with Crippen molar-refractivity contribution in [3.05, 3.63) is 24.3 Å². The predicted octanol–water partition coefficient (Wildman–Crippen LogP) is 1.89. The van der Waals surface area contributed by atoms with Gasteiger partial charge >= 0.3 is 0 Å². The number of methoxy groups -OCH3 is 1. The van der Waals surface area contributed by atoms with E-state index in [9.17, 15) is 4.79 Å². The fourth-order valence-corrected chi connectivity index (χ4v) is 4.43. The Hall–Kier alpha value is -2.10. The summed E-state index contributed by atoms with van der Waals surface area (Å²) in [6.07, 6.45) is -0.206. The van der Waals surface area contributed by atoms with Crippen LogP contribution in [0.1, 0.15) is 20.8 Å². The number of hydrazine groups is 1. The number of rotatable bonds is 6. The fourth-order valence-electron chi connectivity index (χ4n) is 3.47. The van der Waals surface area contributed by atoms with Crippen molar-refractivity contribution in [1.29, 1.82) is 5.41 Å². The van der Waals surface area contributed by atoms with Gasteiger partial charge in [-0.1, -0.05) is 11.8 Å². The lowest BCUT2D eigenvalue weighted by Crippen LogP contribution is -2.50. The molecule has 3 atom stereocenters. The van der Waals surface area contributed by atoms with E-state index in [4.69, 9.17) is 15.1 Å². The third kappa shape index (κ3) is 4.01. The van der Waals surface area contributed by atoms with Crippen molar-refractivity contribution in [3.8, 4) is 5.75 Å². The maximum absolute atomic E-state index is 12.5. The number of anilines is 1. The van der Waals surface area contributed by atoms with Crippen LogP contribution >= 0.6 is 11.8 Å². The van der Waals surface area contributed by atoms with E-state index < -0.39 is 0 Å². The second kappa shape index (κ2) is 8.93. The number of carbonyl (C=O) groups excluding carboxylic acids is 1. The van der Waals surface area contributed by atoms with Gasteiger partial charge in [0.2, 0.25) is 5.91 Å². The van der Waals surface area contributed by atoms with Gasteiger partial charge in [-0.05, 0) is 45.0 Å². The number of amides is 1. The molecule has 2 aliphatic heterocycles. The van der Waals surface area contributed by atoms with E-state index in [1.807, 2.05) is 49.9 Å². The first-order valence-electron chi connectivity index (χ1n) is 9.52. The number of aliphatic imine (C=N–C) groups is 1. The molecule has 9 heteroatoms. The van der Waals surface area contributed by atoms with Gasteiger partial charge in [0.1, 0.15) is 17.8 Å². The summed E-state index contributed by atoms with van der Waals surface area (Å²) in [6, 6.07) is 7.65. The number of nitrogens with zero attached hydrogens (tertiary/aromatic N) is 3. The molecule has 1 fully saturated rings. The van der Waals surface area contributed by atoms with Gasteiger partial charge in [0.05, 0.1) is 18.8 Å². The molecule has 3 rings (SSSR count). The minimum absolute atomic E-state index is 0.0758. The first-order valence-corrected chi connectivity index (χ1v) is 10.5. The molecule has 2 heterocycles. The minimum atomic E-state index is -0.206. The zero-order chi connectivity index (χ0) is 20.3. The predicted molar refractivity (Wildman–Crippen MR) is 114 cm³/mol. The van der Waals surface area contributed by atoms with Gasteiger partial charge in [0, 0.05) is 24.8 Å². The van der Waals surface area contributed by atoms with E-state index in [0.717, 1.165) is 11.4 Å². The lowest BCUT2D eigenvalue weighted by atomic mass is 9.97. The molecule has 0 aromatic heterocycles. The quantitative estimate of drug-likeness (QED) is 0.671. The Morgan fingerprint density at radius 3 is 2.57 bits per heavy atom. The summed E-state index contributed by atoms with van der Waals surface area (Å²) in [6.45, 7) is 7.37.